The second-order valence-electron chi connectivity index (χ2n) is 7.10. The van der Waals surface area contributed by atoms with E-state index >= 15 is 0 Å². The van der Waals surface area contributed by atoms with Gasteiger partial charge in [0.05, 0.1) is 6.10 Å². The number of aromatic amines is 1. The van der Waals surface area contributed by atoms with Gasteiger partial charge >= 0.3 is 5.97 Å². The topological polar surface area (TPSA) is 113 Å². The highest BCUT2D eigenvalue weighted by molar-refractivity contribution is 5.73. The van der Waals surface area contributed by atoms with Gasteiger partial charge < -0.3 is 15.2 Å². The maximum absolute atomic E-state index is 14.3. The van der Waals surface area contributed by atoms with E-state index in [1.165, 1.54) is 0 Å². The van der Waals surface area contributed by atoms with Crippen molar-refractivity contribution in [1.82, 2.24) is 25.9 Å². The van der Waals surface area contributed by atoms with E-state index in [1.54, 1.807) is 0 Å². The number of tetrazole rings is 1. The van der Waals surface area contributed by atoms with Crippen molar-refractivity contribution in [2.75, 3.05) is 6.54 Å². The monoisotopic (exact) mass is 379 g/mol. The Morgan fingerprint density at radius 3 is 2.81 bits per heavy atom. The number of carbonyl (C=O) groups is 1. The van der Waals surface area contributed by atoms with E-state index in [-0.39, 0.29) is 29.2 Å². The average Bonchev–Trinajstić information content (AvgIpc) is 3.14. The lowest BCUT2D eigenvalue weighted by Crippen LogP contribution is -2.50. The molecule has 1 aromatic heterocycles. The molecule has 1 saturated heterocycles. The molecule has 0 amide bonds. The third-order valence-electron chi connectivity index (χ3n) is 5.44. The number of benzene rings is 1. The molecule has 1 saturated carbocycles. The first-order chi connectivity index (χ1) is 13.0. The number of aromatic nitrogens is 4. The predicted octanol–water partition coefficient (Wildman–Crippen LogP) is 1.76. The Morgan fingerprint density at radius 1 is 1.22 bits per heavy atom. The number of nitrogens with zero attached hydrogens (tertiary/aromatic N) is 3. The number of nitrogens with one attached hydrogen (secondary N) is 2. The maximum atomic E-state index is 14.3. The minimum Gasteiger partial charge on any atom is -0.489 e. The number of halogens is 2. The Morgan fingerprint density at radius 2 is 2.07 bits per heavy atom. The van der Waals surface area contributed by atoms with E-state index in [9.17, 15) is 18.7 Å². The first-order valence-corrected chi connectivity index (χ1v) is 8.87. The van der Waals surface area contributed by atoms with Crippen LogP contribution in [0.3, 0.4) is 0 Å². The number of ether oxygens (including phenoxy) is 1. The summed E-state index contributed by atoms with van der Waals surface area (Å²) in [6, 6.07) is 1.30. The van der Waals surface area contributed by atoms with Crippen LogP contribution in [-0.2, 0) is 4.79 Å². The van der Waals surface area contributed by atoms with Gasteiger partial charge in [0.15, 0.2) is 0 Å². The number of rotatable bonds is 4. The van der Waals surface area contributed by atoms with Crippen molar-refractivity contribution < 1.29 is 23.4 Å². The summed E-state index contributed by atoms with van der Waals surface area (Å²) >= 11 is 0. The maximum Gasteiger partial charge on any atom is 0.320 e. The first-order valence-electron chi connectivity index (χ1n) is 8.87. The fourth-order valence-electron chi connectivity index (χ4n) is 4.12. The average molecular weight is 379 g/mol. The third kappa shape index (κ3) is 3.61. The minimum absolute atomic E-state index is 0.0102. The summed E-state index contributed by atoms with van der Waals surface area (Å²) in [6.45, 7) is 0.664. The van der Waals surface area contributed by atoms with E-state index in [1.807, 2.05) is 0 Å². The van der Waals surface area contributed by atoms with Gasteiger partial charge in [0, 0.05) is 12.1 Å². The largest absolute Gasteiger partial charge is 0.489 e. The summed E-state index contributed by atoms with van der Waals surface area (Å²) in [6.07, 6.45) is 2.49. The lowest BCUT2D eigenvalue weighted by atomic mass is 9.72. The van der Waals surface area contributed by atoms with Crippen molar-refractivity contribution in [3.8, 4) is 17.1 Å². The van der Waals surface area contributed by atoms with Gasteiger partial charge in [-0.15, -0.1) is 10.2 Å². The molecule has 4 atom stereocenters. The van der Waals surface area contributed by atoms with Crippen LogP contribution >= 0.6 is 0 Å². The van der Waals surface area contributed by atoms with Crippen LogP contribution in [-0.4, -0.2) is 50.4 Å². The highest BCUT2D eigenvalue weighted by atomic mass is 19.1. The minimum atomic E-state index is -0.858. The number of piperidine rings is 1. The lowest BCUT2D eigenvalue weighted by molar-refractivity contribution is -0.141. The number of hydrogen-bond acceptors (Lipinski definition) is 6. The first kappa shape index (κ1) is 17.8. The highest BCUT2D eigenvalue weighted by Crippen LogP contribution is 2.39. The molecule has 10 heteroatoms. The molecule has 4 rings (SSSR count). The zero-order chi connectivity index (χ0) is 19.0. The molecular weight excluding hydrogens is 360 g/mol. The molecule has 144 valence electrons. The van der Waals surface area contributed by atoms with Crippen LogP contribution in [0.25, 0.3) is 11.4 Å². The Hall–Kier alpha value is -2.62. The lowest BCUT2D eigenvalue weighted by Gasteiger charge is -2.41. The molecule has 0 radical (unpaired) electrons. The zero-order valence-corrected chi connectivity index (χ0v) is 14.4. The van der Waals surface area contributed by atoms with Crippen LogP contribution in [0.2, 0.25) is 0 Å². The van der Waals surface area contributed by atoms with Crippen LogP contribution in [0.4, 0.5) is 8.78 Å². The zero-order valence-electron chi connectivity index (χ0n) is 14.4. The third-order valence-corrected chi connectivity index (χ3v) is 5.44. The normalized spacial score (nSPS) is 27.8. The molecule has 2 fully saturated rings. The molecular formula is C17H19F2N5O3. The van der Waals surface area contributed by atoms with Crippen LogP contribution < -0.4 is 10.1 Å². The second kappa shape index (κ2) is 7.18. The van der Waals surface area contributed by atoms with E-state index in [4.69, 9.17) is 4.74 Å². The molecule has 27 heavy (non-hydrogen) atoms. The van der Waals surface area contributed by atoms with Crippen molar-refractivity contribution in [3.05, 3.63) is 23.8 Å². The van der Waals surface area contributed by atoms with Crippen molar-refractivity contribution >= 4 is 5.97 Å². The van der Waals surface area contributed by atoms with Crippen molar-refractivity contribution in [3.63, 3.8) is 0 Å². The number of hydrogen-bond donors (Lipinski definition) is 3. The van der Waals surface area contributed by atoms with Gasteiger partial charge in [-0.25, -0.2) is 8.78 Å². The predicted molar refractivity (Wildman–Crippen MR) is 88.8 cm³/mol. The van der Waals surface area contributed by atoms with Crippen LogP contribution in [0.1, 0.15) is 25.7 Å². The summed E-state index contributed by atoms with van der Waals surface area (Å²) in [4.78, 5) is 11.3. The summed E-state index contributed by atoms with van der Waals surface area (Å²) in [5.41, 5.74) is -0.0407. The Balaban J connectivity index is 1.54. The van der Waals surface area contributed by atoms with Gasteiger partial charge in [-0.3, -0.25) is 4.79 Å². The molecule has 0 bridgehead atoms. The molecule has 1 aromatic carbocycles. The molecule has 2 aliphatic rings. The summed E-state index contributed by atoms with van der Waals surface area (Å²) in [5, 5.41) is 25.5. The second-order valence-corrected chi connectivity index (χ2v) is 7.10. The highest BCUT2D eigenvalue weighted by Gasteiger charge is 2.38. The Kier molecular flexibility index (Phi) is 4.73. The SMILES string of the molecule is O=C(O)[C@@H]1CC2C[C@@H](Oc3cc(F)cc(F)c3-c3nn[nH]n3)CCC2CN1. The number of H-pyrrole nitrogens is 1. The van der Waals surface area contributed by atoms with Gasteiger partial charge in [-0.2, -0.15) is 5.21 Å². The molecule has 8 nitrogen and oxygen atoms in total. The molecule has 1 aliphatic carbocycles. The molecule has 2 aromatic rings. The number of carboxylic acid groups (broad SMARTS) is 1. The number of carboxylic acids is 1. The smallest absolute Gasteiger partial charge is 0.320 e. The molecule has 0 spiro atoms. The molecule has 1 aliphatic heterocycles. The standard InChI is InChI=1S/C17H19F2N5O3/c18-10-5-12(19)15(16-21-23-24-22-16)14(6-10)27-11-2-1-8-7-20-13(17(25)26)4-9(8)3-11/h5-6,8-9,11,13,20H,1-4,7H2,(H,25,26)(H,21,22,23,24)/t8?,9?,11-,13-/m0/s1. The van der Waals surface area contributed by atoms with Crippen LogP contribution in [0.5, 0.6) is 5.75 Å². The Bertz CT molecular complexity index is 832. The van der Waals surface area contributed by atoms with Gasteiger partial charge in [0.2, 0.25) is 5.82 Å². The van der Waals surface area contributed by atoms with Crippen molar-refractivity contribution in [2.45, 2.75) is 37.8 Å². The van der Waals surface area contributed by atoms with Crippen LogP contribution in [0, 0.1) is 23.5 Å². The number of aliphatic carboxylic acids is 1. The van der Waals surface area contributed by atoms with E-state index < -0.39 is 23.6 Å². The molecule has 2 unspecified atom stereocenters. The van der Waals surface area contributed by atoms with Crippen molar-refractivity contribution in [2.24, 2.45) is 11.8 Å². The van der Waals surface area contributed by atoms with Crippen LogP contribution in [0.15, 0.2) is 12.1 Å². The molecule has 3 N–H and O–H groups in total. The van der Waals surface area contributed by atoms with E-state index in [0.717, 1.165) is 25.0 Å². The van der Waals surface area contributed by atoms with E-state index in [2.05, 4.69) is 25.9 Å². The van der Waals surface area contributed by atoms with E-state index in [0.29, 0.717) is 25.3 Å². The number of fused-ring (bicyclic) bond motifs is 1. The summed E-state index contributed by atoms with van der Waals surface area (Å²) in [7, 11) is 0. The quantitative estimate of drug-likeness (QED) is 0.742. The fourth-order valence-corrected chi connectivity index (χ4v) is 4.12. The Labute approximate surface area is 153 Å². The van der Waals surface area contributed by atoms with Gasteiger partial charge in [-0.05, 0) is 49.3 Å². The van der Waals surface area contributed by atoms with Gasteiger partial charge in [0.25, 0.3) is 0 Å². The van der Waals surface area contributed by atoms with Gasteiger partial charge in [0.1, 0.15) is 29.0 Å². The van der Waals surface area contributed by atoms with Gasteiger partial charge in [-0.1, -0.05) is 0 Å². The summed E-state index contributed by atoms with van der Waals surface area (Å²) < 4.78 is 34.0. The fraction of sp³-hybridized carbons (Fsp3) is 0.529. The summed E-state index contributed by atoms with van der Waals surface area (Å²) in [5.74, 6) is -1.84. The molecule has 2 heterocycles. The van der Waals surface area contributed by atoms with Crippen molar-refractivity contribution in [1.29, 1.82) is 0 Å².